The van der Waals surface area contributed by atoms with Gasteiger partial charge in [0.15, 0.2) is 11.5 Å². The molecule has 1 heterocycles. The minimum Gasteiger partial charge on any atom is -0.476 e. The van der Waals surface area contributed by atoms with Crippen LogP contribution in [0.25, 0.3) is 0 Å². The van der Waals surface area contributed by atoms with Gasteiger partial charge in [-0.05, 0) is 33.5 Å². The van der Waals surface area contributed by atoms with Gasteiger partial charge in [-0.3, -0.25) is 0 Å². The summed E-state index contributed by atoms with van der Waals surface area (Å²) in [6.07, 6.45) is 4.88. The highest BCUT2D eigenvalue weighted by Gasteiger charge is 2.11. The third kappa shape index (κ3) is 4.78. The molecule has 1 aromatic heterocycles. The molecule has 0 bridgehead atoms. The minimum absolute atomic E-state index is 0.0277. The predicted octanol–water partition coefficient (Wildman–Crippen LogP) is 0.928. The van der Waals surface area contributed by atoms with Crippen molar-refractivity contribution in [3.8, 4) is 0 Å². The van der Waals surface area contributed by atoms with E-state index in [4.69, 9.17) is 5.11 Å². The van der Waals surface area contributed by atoms with E-state index in [-0.39, 0.29) is 5.69 Å². The molecule has 6 nitrogen and oxygen atoms in total. The largest absolute Gasteiger partial charge is 0.476 e. The number of nitrogens with zero attached hydrogens (tertiary/aromatic N) is 3. The van der Waals surface area contributed by atoms with Gasteiger partial charge < -0.3 is 15.3 Å². The van der Waals surface area contributed by atoms with E-state index in [0.29, 0.717) is 12.4 Å². The van der Waals surface area contributed by atoms with Crippen molar-refractivity contribution < 1.29 is 9.90 Å². The molecule has 0 aliphatic carbocycles. The normalized spacial score (nSPS) is 10.5. The number of carbonyl (C=O) groups is 1. The van der Waals surface area contributed by atoms with Gasteiger partial charge >= 0.3 is 5.97 Å². The molecule has 2 N–H and O–H groups in total. The number of anilines is 1. The predicted molar refractivity (Wildman–Crippen MR) is 65.3 cm³/mol. The molecule has 0 saturated carbocycles. The SMILES string of the molecule is CN(C)CCCCNc1nccnc1C(=O)O. The molecule has 0 aromatic carbocycles. The molecule has 0 spiro atoms. The number of nitrogens with one attached hydrogen (secondary N) is 1. The van der Waals surface area contributed by atoms with Crippen LogP contribution in [0.5, 0.6) is 0 Å². The zero-order valence-corrected chi connectivity index (χ0v) is 10.2. The van der Waals surface area contributed by atoms with Gasteiger partial charge in [-0.2, -0.15) is 0 Å². The first-order valence-electron chi connectivity index (χ1n) is 5.54. The summed E-state index contributed by atoms with van der Waals surface area (Å²) >= 11 is 0. The Hall–Kier alpha value is -1.69. The number of carboxylic acids is 1. The van der Waals surface area contributed by atoms with Crippen LogP contribution in [0.1, 0.15) is 23.3 Å². The second-order valence-electron chi connectivity index (χ2n) is 4.00. The van der Waals surface area contributed by atoms with Gasteiger partial charge in [-0.15, -0.1) is 0 Å². The Morgan fingerprint density at radius 2 is 2.06 bits per heavy atom. The van der Waals surface area contributed by atoms with Gasteiger partial charge in [-0.1, -0.05) is 0 Å². The summed E-state index contributed by atoms with van der Waals surface area (Å²) < 4.78 is 0. The number of unbranched alkanes of at least 4 members (excludes halogenated alkanes) is 1. The van der Waals surface area contributed by atoms with Crippen molar-refractivity contribution >= 4 is 11.8 Å². The maximum Gasteiger partial charge on any atom is 0.358 e. The first-order valence-corrected chi connectivity index (χ1v) is 5.54. The van der Waals surface area contributed by atoms with Gasteiger partial charge in [0.25, 0.3) is 0 Å². The third-order valence-electron chi connectivity index (χ3n) is 2.23. The quantitative estimate of drug-likeness (QED) is 0.688. The van der Waals surface area contributed by atoms with Gasteiger partial charge in [0.2, 0.25) is 0 Å². The molecular weight excluding hydrogens is 220 g/mol. The fourth-order valence-electron chi connectivity index (χ4n) is 1.38. The Morgan fingerprint density at radius 1 is 1.35 bits per heavy atom. The molecule has 0 radical (unpaired) electrons. The fraction of sp³-hybridized carbons (Fsp3) is 0.545. The average Bonchev–Trinajstić information content (AvgIpc) is 2.28. The Balaban J connectivity index is 2.39. The lowest BCUT2D eigenvalue weighted by molar-refractivity contribution is 0.0691. The first kappa shape index (κ1) is 13.4. The van der Waals surface area contributed by atoms with Crippen molar-refractivity contribution in [2.24, 2.45) is 0 Å². The first-order chi connectivity index (χ1) is 8.11. The molecule has 17 heavy (non-hydrogen) atoms. The second kappa shape index (κ2) is 6.80. The maximum absolute atomic E-state index is 10.9. The fourth-order valence-corrected chi connectivity index (χ4v) is 1.38. The van der Waals surface area contributed by atoms with E-state index in [1.54, 1.807) is 0 Å². The molecule has 1 aromatic rings. The van der Waals surface area contributed by atoms with Gasteiger partial charge in [-0.25, -0.2) is 14.8 Å². The van der Waals surface area contributed by atoms with E-state index < -0.39 is 5.97 Å². The van der Waals surface area contributed by atoms with Gasteiger partial charge in [0.05, 0.1) is 0 Å². The van der Waals surface area contributed by atoms with Crippen LogP contribution in [0.4, 0.5) is 5.82 Å². The molecule has 0 aliphatic heterocycles. The second-order valence-corrected chi connectivity index (χ2v) is 4.00. The van der Waals surface area contributed by atoms with Crippen LogP contribution in [-0.4, -0.2) is 53.1 Å². The van der Waals surface area contributed by atoms with Gasteiger partial charge in [0, 0.05) is 18.9 Å². The van der Waals surface area contributed by atoms with Crippen molar-refractivity contribution in [1.29, 1.82) is 0 Å². The number of aromatic carboxylic acids is 1. The Labute approximate surface area is 101 Å². The molecule has 94 valence electrons. The molecule has 0 atom stereocenters. The molecule has 6 heteroatoms. The van der Waals surface area contributed by atoms with Crippen molar-refractivity contribution in [2.45, 2.75) is 12.8 Å². The summed E-state index contributed by atoms with van der Waals surface area (Å²) in [5.74, 6) is -0.723. The highest BCUT2D eigenvalue weighted by atomic mass is 16.4. The number of aromatic nitrogens is 2. The molecule has 0 aliphatic rings. The third-order valence-corrected chi connectivity index (χ3v) is 2.23. The highest BCUT2D eigenvalue weighted by molar-refractivity contribution is 5.90. The van der Waals surface area contributed by atoms with Gasteiger partial charge in [0.1, 0.15) is 0 Å². The summed E-state index contributed by atoms with van der Waals surface area (Å²) in [6.45, 7) is 1.72. The minimum atomic E-state index is -1.06. The van der Waals surface area contributed by atoms with Crippen molar-refractivity contribution in [3.63, 3.8) is 0 Å². The zero-order valence-electron chi connectivity index (χ0n) is 10.2. The molecule has 1 rings (SSSR count). The standard InChI is InChI=1S/C11H18N4O2/c1-15(2)8-4-3-5-13-10-9(11(16)17)12-6-7-14-10/h6-7H,3-5,8H2,1-2H3,(H,13,14)(H,16,17). The Kier molecular flexibility index (Phi) is 5.35. The summed E-state index contributed by atoms with van der Waals surface area (Å²) in [4.78, 5) is 20.7. The Bertz CT molecular complexity index is 368. The molecule has 0 unspecified atom stereocenters. The van der Waals surface area contributed by atoms with Crippen LogP contribution in [0.3, 0.4) is 0 Å². The van der Waals surface area contributed by atoms with Crippen LogP contribution in [0.15, 0.2) is 12.4 Å². The van der Waals surface area contributed by atoms with Crippen LogP contribution < -0.4 is 5.32 Å². The number of rotatable bonds is 7. The van der Waals surface area contributed by atoms with Crippen LogP contribution in [0.2, 0.25) is 0 Å². The van der Waals surface area contributed by atoms with E-state index >= 15 is 0 Å². The summed E-state index contributed by atoms with van der Waals surface area (Å²) in [7, 11) is 4.05. The summed E-state index contributed by atoms with van der Waals surface area (Å²) in [6, 6.07) is 0. The lowest BCUT2D eigenvalue weighted by Gasteiger charge is -2.10. The average molecular weight is 238 g/mol. The molecule has 0 fully saturated rings. The Morgan fingerprint density at radius 3 is 2.71 bits per heavy atom. The monoisotopic (exact) mass is 238 g/mol. The van der Waals surface area contributed by atoms with Crippen molar-refractivity contribution in [2.75, 3.05) is 32.5 Å². The van der Waals surface area contributed by atoms with Crippen LogP contribution >= 0.6 is 0 Å². The summed E-state index contributed by atoms with van der Waals surface area (Å²) in [5.41, 5.74) is -0.0277. The van der Waals surface area contributed by atoms with Crippen LogP contribution in [0, 0.1) is 0 Å². The van der Waals surface area contributed by atoms with E-state index in [0.717, 1.165) is 19.4 Å². The van der Waals surface area contributed by atoms with Crippen molar-refractivity contribution in [1.82, 2.24) is 14.9 Å². The smallest absolute Gasteiger partial charge is 0.358 e. The van der Waals surface area contributed by atoms with E-state index in [9.17, 15) is 4.79 Å². The molecule has 0 saturated heterocycles. The van der Waals surface area contributed by atoms with Crippen molar-refractivity contribution in [3.05, 3.63) is 18.1 Å². The number of hydrogen-bond acceptors (Lipinski definition) is 5. The number of carboxylic acid groups (broad SMARTS) is 1. The topological polar surface area (TPSA) is 78.3 Å². The zero-order chi connectivity index (χ0) is 12.7. The number of hydrogen-bond donors (Lipinski definition) is 2. The van der Waals surface area contributed by atoms with E-state index in [2.05, 4.69) is 20.2 Å². The molecule has 0 amide bonds. The summed E-state index contributed by atoms with van der Waals surface area (Å²) in [5, 5.41) is 11.9. The van der Waals surface area contributed by atoms with E-state index in [1.165, 1.54) is 12.4 Å². The lowest BCUT2D eigenvalue weighted by Crippen LogP contribution is -2.15. The highest BCUT2D eigenvalue weighted by Crippen LogP contribution is 2.08. The van der Waals surface area contributed by atoms with E-state index in [1.807, 2.05) is 14.1 Å². The molecular formula is C11H18N4O2. The maximum atomic E-state index is 10.9. The van der Waals surface area contributed by atoms with Crippen LogP contribution in [-0.2, 0) is 0 Å². The lowest BCUT2D eigenvalue weighted by atomic mass is 10.3.